The first-order valence-electron chi connectivity index (χ1n) is 9.06. The average Bonchev–Trinajstić information content (AvgIpc) is 2.45. The van der Waals surface area contributed by atoms with Gasteiger partial charge in [-0.05, 0) is 25.7 Å². The van der Waals surface area contributed by atoms with Gasteiger partial charge in [-0.25, -0.2) is 0 Å². The molecule has 134 valence electrons. The van der Waals surface area contributed by atoms with Gasteiger partial charge in [-0.2, -0.15) is 8.42 Å². The van der Waals surface area contributed by atoms with Crippen molar-refractivity contribution in [2.75, 3.05) is 0 Å². The Bertz CT molecular complexity index is 341. The lowest BCUT2D eigenvalue weighted by Gasteiger charge is -2.14. The van der Waals surface area contributed by atoms with Crippen LogP contribution < -0.4 is 0 Å². The van der Waals surface area contributed by atoms with Crippen LogP contribution in [0, 0.1) is 0 Å². The van der Waals surface area contributed by atoms with Gasteiger partial charge in [0.25, 0.3) is 10.1 Å². The summed E-state index contributed by atoms with van der Waals surface area (Å²) >= 11 is 0. The number of hydrogen-bond donors (Lipinski definition) is 2. The summed E-state index contributed by atoms with van der Waals surface area (Å²) in [6.45, 7) is 4.23. The summed E-state index contributed by atoms with van der Waals surface area (Å²) in [6, 6.07) is 0. The standard InChI is InChI=1S/C17H36O4S/c1-3-5-7-10-14-17(22(19,20)21)15-11-8-9-13-16(18)12-6-4-2/h16-18H,3-15H2,1-2H3,(H,19,20,21). The Labute approximate surface area is 137 Å². The van der Waals surface area contributed by atoms with E-state index in [4.69, 9.17) is 0 Å². The zero-order chi connectivity index (χ0) is 16.8. The smallest absolute Gasteiger partial charge is 0.267 e. The second-order valence-corrected chi connectivity index (χ2v) is 8.12. The number of unbranched alkanes of at least 4 members (excludes halogenated alkanes) is 6. The van der Waals surface area contributed by atoms with Gasteiger partial charge in [-0.15, -0.1) is 0 Å². The fourth-order valence-corrected chi connectivity index (χ4v) is 3.68. The first-order valence-corrected chi connectivity index (χ1v) is 10.6. The monoisotopic (exact) mass is 336 g/mol. The summed E-state index contributed by atoms with van der Waals surface area (Å²) < 4.78 is 32.1. The van der Waals surface area contributed by atoms with E-state index in [0.717, 1.165) is 70.6 Å². The second kappa shape index (κ2) is 13.3. The van der Waals surface area contributed by atoms with E-state index >= 15 is 0 Å². The molecule has 0 heterocycles. The molecule has 0 saturated heterocycles. The van der Waals surface area contributed by atoms with Crippen LogP contribution in [-0.4, -0.2) is 29.4 Å². The van der Waals surface area contributed by atoms with Crippen molar-refractivity contribution in [1.29, 1.82) is 0 Å². The molecule has 0 saturated carbocycles. The number of hydrogen-bond acceptors (Lipinski definition) is 3. The Balaban J connectivity index is 3.85. The molecule has 0 aliphatic carbocycles. The summed E-state index contributed by atoms with van der Waals surface area (Å²) in [6.07, 6.45) is 11.5. The van der Waals surface area contributed by atoms with Gasteiger partial charge in [0, 0.05) is 0 Å². The number of aliphatic hydroxyl groups is 1. The third-order valence-electron chi connectivity index (χ3n) is 4.26. The highest BCUT2D eigenvalue weighted by Gasteiger charge is 2.21. The Morgan fingerprint density at radius 3 is 1.68 bits per heavy atom. The molecule has 0 amide bonds. The predicted octanol–water partition coefficient (Wildman–Crippen LogP) is 4.71. The highest BCUT2D eigenvalue weighted by atomic mass is 32.2. The Kier molecular flexibility index (Phi) is 13.2. The van der Waals surface area contributed by atoms with E-state index in [1.807, 2.05) is 0 Å². The largest absolute Gasteiger partial charge is 0.393 e. The van der Waals surface area contributed by atoms with Gasteiger partial charge < -0.3 is 5.11 Å². The van der Waals surface area contributed by atoms with Crippen molar-refractivity contribution >= 4 is 10.1 Å². The van der Waals surface area contributed by atoms with Crippen molar-refractivity contribution in [2.24, 2.45) is 0 Å². The normalized spacial score (nSPS) is 14.9. The number of rotatable bonds is 15. The van der Waals surface area contributed by atoms with Gasteiger partial charge in [-0.3, -0.25) is 4.55 Å². The molecular formula is C17H36O4S. The SMILES string of the molecule is CCCCCCC(CCCCCC(O)CCCC)S(=O)(=O)O. The van der Waals surface area contributed by atoms with Gasteiger partial charge in [0.15, 0.2) is 0 Å². The molecule has 0 aromatic carbocycles. The summed E-state index contributed by atoms with van der Waals surface area (Å²) in [5.74, 6) is 0. The lowest BCUT2D eigenvalue weighted by Crippen LogP contribution is -2.20. The van der Waals surface area contributed by atoms with Crippen LogP contribution in [0.2, 0.25) is 0 Å². The summed E-state index contributed by atoms with van der Waals surface area (Å²) in [4.78, 5) is 0. The van der Waals surface area contributed by atoms with Crippen molar-refractivity contribution < 1.29 is 18.1 Å². The molecular weight excluding hydrogens is 300 g/mol. The summed E-state index contributed by atoms with van der Waals surface area (Å²) in [7, 11) is -3.92. The highest BCUT2D eigenvalue weighted by molar-refractivity contribution is 7.86. The van der Waals surface area contributed by atoms with E-state index < -0.39 is 15.4 Å². The Hall–Kier alpha value is -0.130. The van der Waals surface area contributed by atoms with Crippen LogP contribution in [0.15, 0.2) is 0 Å². The van der Waals surface area contributed by atoms with Crippen LogP contribution in [0.3, 0.4) is 0 Å². The minimum Gasteiger partial charge on any atom is -0.393 e. The van der Waals surface area contributed by atoms with Crippen LogP contribution in [-0.2, 0) is 10.1 Å². The van der Waals surface area contributed by atoms with Crippen molar-refractivity contribution in [1.82, 2.24) is 0 Å². The van der Waals surface area contributed by atoms with E-state index in [2.05, 4.69) is 13.8 Å². The Morgan fingerprint density at radius 1 is 0.727 bits per heavy atom. The second-order valence-electron chi connectivity index (χ2n) is 6.42. The number of aliphatic hydroxyl groups excluding tert-OH is 1. The zero-order valence-electron chi connectivity index (χ0n) is 14.5. The molecule has 0 aliphatic heterocycles. The van der Waals surface area contributed by atoms with E-state index in [0.29, 0.717) is 12.8 Å². The molecule has 5 heteroatoms. The maximum absolute atomic E-state index is 11.4. The molecule has 0 aromatic heterocycles. The highest BCUT2D eigenvalue weighted by Crippen LogP contribution is 2.19. The third-order valence-corrected chi connectivity index (χ3v) is 5.57. The van der Waals surface area contributed by atoms with Crippen molar-refractivity contribution in [3.8, 4) is 0 Å². The molecule has 2 atom stereocenters. The van der Waals surface area contributed by atoms with Crippen LogP contribution >= 0.6 is 0 Å². The molecule has 4 nitrogen and oxygen atoms in total. The van der Waals surface area contributed by atoms with Crippen LogP contribution in [0.5, 0.6) is 0 Å². The van der Waals surface area contributed by atoms with Crippen molar-refractivity contribution in [3.63, 3.8) is 0 Å². The van der Waals surface area contributed by atoms with Gasteiger partial charge in [-0.1, -0.05) is 71.6 Å². The third kappa shape index (κ3) is 12.4. The van der Waals surface area contributed by atoms with Gasteiger partial charge in [0.1, 0.15) is 0 Å². The lowest BCUT2D eigenvalue weighted by molar-refractivity contribution is 0.148. The van der Waals surface area contributed by atoms with Crippen LogP contribution in [0.1, 0.15) is 97.3 Å². The van der Waals surface area contributed by atoms with Crippen LogP contribution in [0.25, 0.3) is 0 Å². The maximum Gasteiger partial charge on any atom is 0.267 e. The van der Waals surface area contributed by atoms with E-state index in [1.165, 1.54) is 0 Å². The first-order chi connectivity index (χ1) is 10.4. The van der Waals surface area contributed by atoms with Crippen molar-refractivity contribution in [3.05, 3.63) is 0 Å². The van der Waals surface area contributed by atoms with E-state index in [1.54, 1.807) is 0 Å². The van der Waals surface area contributed by atoms with Gasteiger partial charge in [0.05, 0.1) is 11.4 Å². The van der Waals surface area contributed by atoms with E-state index in [9.17, 15) is 18.1 Å². The topological polar surface area (TPSA) is 74.6 Å². The Morgan fingerprint density at radius 2 is 1.18 bits per heavy atom. The van der Waals surface area contributed by atoms with E-state index in [-0.39, 0.29) is 6.10 Å². The zero-order valence-corrected chi connectivity index (χ0v) is 15.3. The molecule has 0 fully saturated rings. The molecule has 22 heavy (non-hydrogen) atoms. The first kappa shape index (κ1) is 21.9. The summed E-state index contributed by atoms with van der Waals surface area (Å²) in [5.41, 5.74) is 0. The molecule has 0 aliphatic rings. The fraction of sp³-hybridized carbons (Fsp3) is 1.00. The molecule has 0 rings (SSSR count). The maximum atomic E-state index is 11.4. The minimum absolute atomic E-state index is 0.216. The molecule has 2 unspecified atom stereocenters. The fourth-order valence-electron chi connectivity index (χ4n) is 2.75. The molecule has 0 bridgehead atoms. The lowest BCUT2D eigenvalue weighted by atomic mass is 10.0. The molecule has 0 aromatic rings. The van der Waals surface area contributed by atoms with Crippen molar-refractivity contribution in [2.45, 2.75) is 109 Å². The molecule has 2 N–H and O–H groups in total. The van der Waals surface area contributed by atoms with Gasteiger partial charge >= 0.3 is 0 Å². The quantitative estimate of drug-likeness (QED) is 0.335. The minimum atomic E-state index is -3.92. The molecule has 0 spiro atoms. The van der Waals surface area contributed by atoms with Crippen LogP contribution in [0.4, 0.5) is 0 Å². The average molecular weight is 337 g/mol. The van der Waals surface area contributed by atoms with Gasteiger partial charge in [0.2, 0.25) is 0 Å². The predicted molar refractivity (Wildman–Crippen MR) is 92.7 cm³/mol. The molecule has 0 radical (unpaired) electrons. The summed E-state index contributed by atoms with van der Waals surface area (Å²) in [5, 5.41) is 9.15.